The number of benzene rings is 2. The molecule has 1 amide bonds. The van der Waals surface area contributed by atoms with Gasteiger partial charge in [-0.15, -0.1) is 0 Å². The number of alkyl halides is 3. The van der Waals surface area contributed by atoms with Gasteiger partial charge < -0.3 is 14.5 Å². The van der Waals surface area contributed by atoms with E-state index in [-0.39, 0.29) is 18.0 Å². The van der Waals surface area contributed by atoms with E-state index in [1.165, 1.54) is 12.1 Å². The lowest BCUT2D eigenvalue weighted by molar-refractivity contribution is -0.137. The van der Waals surface area contributed by atoms with Crippen LogP contribution in [0.1, 0.15) is 52.5 Å². The minimum atomic E-state index is -4.45. The summed E-state index contributed by atoms with van der Waals surface area (Å²) in [4.78, 5) is 26.6. The maximum atomic E-state index is 13.2. The van der Waals surface area contributed by atoms with Gasteiger partial charge in [-0.25, -0.2) is 4.98 Å². The predicted octanol–water partition coefficient (Wildman–Crippen LogP) is 6.03. The topological polar surface area (TPSA) is 58.6 Å². The highest BCUT2D eigenvalue weighted by Gasteiger charge is 2.32. The van der Waals surface area contributed by atoms with Crippen LogP contribution in [0, 0.1) is 12.8 Å². The largest absolute Gasteiger partial charge is 0.438 e. The van der Waals surface area contributed by atoms with Crippen LogP contribution in [-0.2, 0) is 19.1 Å². The fraction of sp³-hybridized carbons (Fsp3) is 0.393. The average Bonchev–Trinajstić information content (AvgIpc) is 2.89. The molecule has 0 spiro atoms. The predicted molar refractivity (Wildman–Crippen MR) is 134 cm³/mol. The van der Waals surface area contributed by atoms with Crippen molar-refractivity contribution in [3.8, 4) is 11.6 Å². The summed E-state index contributed by atoms with van der Waals surface area (Å²) in [7, 11) is 0. The number of hydrogen-bond acceptors (Lipinski definition) is 5. The fourth-order valence-electron chi connectivity index (χ4n) is 4.68. The van der Waals surface area contributed by atoms with Gasteiger partial charge in [0.1, 0.15) is 5.75 Å². The monoisotopic (exact) mass is 510 g/mol. The number of carbonyl (C=O) groups excluding carboxylic acids is 1. The van der Waals surface area contributed by atoms with Gasteiger partial charge in [-0.2, -0.15) is 18.2 Å². The standard InChI is InChI=1S/C28H29F3N4O2/c1-18-3-9-22(10-4-18)37-25-23-17-35(26(36)20-5-7-21(8-6-20)28(29,30)31)16-13-24(23)32-27(33-25)34-14-11-19(2)12-15-34/h3-10,19H,11-17H2,1-2H3. The van der Waals surface area contributed by atoms with E-state index >= 15 is 0 Å². The summed E-state index contributed by atoms with van der Waals surface area (Å²) in [5.41, 5.74) is 2.09. The van der Waals surface area contributed by atoms with Gasteiger partial charge in [-0.3, -0.25) is 4.79 Å². The van der Waals surface area contributed by atoms with Crippen molar-refractivity contribution in [2.24, 2.45) is 5.92 Å². The van der Waals surface area contributed by atoms with Gasteiger partial charge in [-0.05, 0) is 62.1 Å². The highest BCUT2D eigenvalue weighted by molar-refractivity contribution is 5.94. The first kappa shape index (κ1) is 25.0. The maximum Gasteiger partial charge on any atom is 0.416 e. The van der Waals surface area contributed by atoms with E-state index in [0.717, 1.165) is 54.9 Å². The van der Waals surface area contributed by atoms with Crippen LogP contribution in [0.4, 0.5) is 19.1 Å². The molecule has 2 aliphatic heterocycles. The Morgan fingerprint density at radius 1 is 0.973 bits per heavy atom. The van der Waals surface area contributed by atoms with Gasteiger partial charge in [-0.1, -0.05) is 24.6 Å². The van der Waals surface area contributed by atoms with Crippen LogP contribution in [-0.4, -0.2) is 40.4 Å². The molecule has 2 aromatic carbocycles. The number of piperidine rings is 1. The number of fused-ring (bicyclic) bond motifs is 1. The third kappa shape index (κ3) is 5.55. The van der Waals surface area contributed by atoms with Crippen LogP contribution in [0.3, 0.4) is 0 Å². The molecular weight excluding hydrogens is 481 g/mol. The first-order valence-corrected chi connectivity index (χ1v) is 12.5. The first-order valence-electron chi connectivity index (χ1n) is 12.5. The number of rotatable bonds is 4. The Morgan fingerprint density at radius 2 is 1.65 bits per heavy atom. The third-order valence-electron chi connectivity index (χ3n) is 7.06. The second kappa shape index (κ2) is 10.0. The highest BCUT2D eigenvalue weighted by atomic mass is 19.4. The normalized spacial score (nSPS) is 16.5. The Kier molecular flexibility index (Phi) is 6.79. The van der Waals surface area contributed by atoms with Crippen LogP contribution in [0.2, 0.25) is 0 Å². The molecule has 5 rings (SSSR count). The van der Waals surface area contributed by atoms with E-state index in [4.69, 9.17) is 14.7 Å². The molecule has 194 valence electrons. The Morgan fingerprint density at radius 3 is 2.30 bits per heavy atom. The second-order valence-electron chi connectivity index (χ2n) is 9.89. The lowest BCUT2D eigenvalue weighted by Gasteiger charge is -2.33. The van der Waals surface area contributed by atoms with Crippen molar-refractivity contribution >= 4 is 11.9 Å². The Labute approximate surface area is 214 Å². The molecule has 0 N–H and O–H groups in total. The summed E-state index contributed by atoms with van der Waals surface area (Å²) in [5.74, 6) is 2.01. The van der Waals surface area contributed by atoms with E-state index in [9.17, 15) is 18.0 Å². The molecule has 1 aromatic heterocycles. The van der Waals surface area contributed by atoms with Crippen molar-refractivity contribution in [1.29, 1.82) is 0 Å². The summed E-state index contributed by atoms with van der Waals surface area (Å²) in [6, 6.07) is 12.0. The highest BCUT2D eigenvalue weighted by Crippen LogP contribution is 2.34. The fourth-order valence-corrected chi connectivity index (χ4v) is 4.68. The number of halogens is 3. The Balaban J connectivity index is 1.43. The van der Waals surface area contributed by atoms with E-state index in [2.05, 4.69) is 11.8 Å². The zero-order valence-electron chi connectivity index (χ0n) is 20.9. The number of nitrogens with zero attached hydrogens (tertiary/aromatic N) is 4. The number of ether oxygens (including phenoxy) is 1. The molecule has 9 heteroatoms. The zero-order chi connectivity index (χ0) is 26.2. The minimum Gasteiger partial charge on any atom is -0.438 e. The summed E-state index contributed by atoms with van der Waals surface area (Å²) in [6.07, 6.45) is -1.80. The molecule has 1 saturated heterocycles. The molecule has 3 heterocycles. The van der Waals surface area contributed by atoms with Crippen LogP contribution in [0.5, 0.6) is 11.6 Å². The molecule has 0 bridgehead atoms. The van der Waals surface area contributed by atoms with Gasteiger partial charge in [0.15, 0.2) is 0 Å². The quantitative estimate of drug-likeness (QED) is 0.429. The van der Waals surface area contributed by atoms with E-state index in [1.54, 1.807) is 4.90 Å². The number of anilines is 1. The van der Waals surface area contributed by atoms with Crippen molar-refractivity contribution in [3.63, 3.8) is 0 Å². The van der Waals surface area contributed by atoms with Crippen molar-refractivity contribution < 1.29 is 22.7 Å². The Bertz CT molecular complexity index is 1270. The summed E-state index contributed by atoms with van der Waals surface area (Å²) >= 11 is 0. The number of aromatic nitrogens is 2. The average molecular weight is 511 g/mol. The van der Waals surface area contributed by atoms with Crippen LogP contribution >= 0.6 is 0 Å². The molecule has 3 aromatic rings. The van der Waals surface area contributed by atoms with Crippen LogP contribution in [0.15, 0.2) is 48.5 Å². The first-order chi connectivity index (χ1) is 17.7. The molecule has 0 aliphatic carbocycles. The molecule has 6 nitrogen and oxygen atoms in total. The van der Waals surface area contributed by atoms with Crippen LogP contribution < -0.4 is 9.64 Å². The van der Waals surface area contributed by atoms with Crippen molar-refractivity contribution in [2.75, 3.05) is 24.5 Å². The summed E-state index contributed by atoms with van der Waals surface area (Å²) in [6.45, 7) is 6.62. The van der Waals surface area contributed by atoms with Gasteiger partial charge in [0.05, 0.1) is 23.4 Å². The SMILES string of the molecule is Cc1ccc(Oc2nc(N3CCC(C)CC3)nc3c2CN(C(=O)c2ccc(C(F)(F)F)cc2)CC3)cc1. The lowest BCUT2D eigenvalue weighted by atomic mass is 9.99. The number of hydrogen-bond donors (Lipinski definition) is 0. The van der Waals surface area contributed by atoms with Gasteiger partial charge in [0.2, 0.25) is 11.8 Å². The molecule has 1 fully saturated rings. The molecule has 0 unspecified atom stereocenters. The molecule has 0 atom stereocenters. The smallest absolute Gasteiger partial charge is 0.416 e. The third-order valence-corrected chi connectivity index (χ3v) is 7.06. The molecular formula is C28H29F3N4O2. The maximum absolute atomic E-state index is 13.2. The molecule has 37 heavy (non-hydrogen) atoms. The van der Waals surface area contributed by atoms with Crippen molar-refractivity contribution in [1.82, 2.24) is 14.9 Å². The molecule has 0 saturated carbocycles. The number of amides is 1. The summed E-state index contributed by atoms with van der Waals surface area (Å²) < 4.78 is 45.1. The van der Waals surface area contributed by atoms with Crippen LogP contribution in [0.25, 0.3) is 0 Å². The van der Waals surface area contributed by atoms with Crippen molar-refractivity contribution in [3.05, 3.63) is 76.5 Å². The second-order valence-corrected chi connectivity index (χ2v) is 9.89. The number of aryl methyl sites for hydroxylation is 1. The molecule has 2 aliphatic rings. The van der Waals surface area contributed by atoms with Gasteiger partial charge in [0, 0.05) is 31.6 Å². The lowest BCUT2D eigenvalue weighted by Crippen LogP contribution is -2.38. The van der Waals surface area contributed by atoms with Gasteiger partial charge >= 0.3 is 6.18 Å². The van der Waals surface area contributed by atoms with Gasteiger partial charge in [0.25, 0.3) is 5.91 Å². The molecule has 0 radical (unpaired) electrons. The number of carbonyl (C=O) groups is 1. The van der Waals surface area contributed by atoms with E-state index in [1.807, 2.05) is 31.2 Å². The van der Waals surface area contributed by atoms with E-state index < -0.39 is 11.7 Å². The minimum absolute atomic E-state index is 0.206. The van der Waals surface area contributed by atoms with E-state index in [0.29, 0.717) is 36.5 Å². The summed E-state index contributed by atoms with van der Waals surface area (Å²) in [5, 5.41) is 0. The zero-order valence-corrected chi connectivity index (χ0v) is 20.9. The Hall–Kier alpha value is -3.62. The van der Waals surface area contributed by atoms with Crippen molar-refractivity contribution in [2.45, 2.75) is 45.8 Å².